The fraction of sp³-hybridized carbons (Fsp3) is 0.158. The van der Waals surface area contributed by atoms with E-state index in [-0.39, 0.29) is 34.4 Å². The van der Waals surface area contributed by atoms with Gasteiger partial charge in [-0.3, -0.25) is 10.3 Å². The molecule has 0 saturated heterocycles. The zero-order chi connectivity index (χ0) is 21.7. The van der Waals surface area contributed by atoms with Crippen molar-refractivity contribution in [2.75, 3.05) is 19.4 Å². The van der Waals surface area contributed by atoms with Crippen LogP contribution in [0.5, 0.6) is 0 Å². The Bertz CT molecular complexity index is 1090. The summed E-state index contributed by atoms with van der Waals surface area (Å²) in [6.07, 6.45) is 2.38. The van der Waals surface area contributed by atoms with E-state index in [0.29, 0.717) is 12.4 Å². The van der Waals surface area contributed by atoms with Crippen molar-refractivity contribution in [3.63, 3.8) is 0 Å². The van der Waals surface area contributed by atoms with Gasteiger partial charge in [-0.05, 0) is 32.3 Å². The summed E-state index contributed by atoms with van der Waals surface area (Å²) in [4.78, 5) is 14.0. The number of aromatic amines is 1. The molecule has 0 amide bonds. The minimum Gasteiger partial charge on any atom is -0.396 e. The number of hydrogen-bond donors (Lipinski definition) is 4. The van der Waals surface area contributed by atoms with Gasteiger partial charge in [-0.2, -0.15) is 10.1 Å². The minimum atomic E-state index is -0.672. The number of pyridine rings is 1. The van der Waals surface area contributed by atoms with E-state index in [1.165, 1.54) is 30.5 Å². The number of nitrogens with one attached hydrogen (secondary N) is 2. The van der Waals surface area contributed by atoms with Crippen LogP contribution in [0.15, 0.2) is 47.7 Å². The van der Waals surface area contributed by atoms with Crippen LogP contribution >= 0.6 is 0 Å². The molecular weight excluding hydrogens is 392 g/mol. The highest BCUT2D eigenvalue weighted by molar-refractivity contribution is 5.99. The number of benzene rings is 1. The lowest BCUT2D eigenvalue weighted by Crippen LogP contribution is -2.23. The van der Waals surface area contributed by atoms with Crippen LogP contribution in [0.25, 0.3) is 11.4 Å². The standard InChI is InChI=1S/C19H21F2N9/c1-30(2)10-15-25-19(29-28-15)27-18(23)26-17(12-5-3-4-6-13(12)20)16(22)11-7-8-24-9-14(11)21/h3-9H,10,22H2,1-2H3,(H4,23,25,26,27,28,29)/b17-16-. The van der Waals surface area contributed by atoms with Crippen LogP contribution in [0.4, 0.5) is 14.7 Å². The molecule has 11 heteroatoms. The number of anilines is 1. The molecule has 0 saturated carbocycles. The molecule has 0 spiro atoms. The number of nitrogens with zero attached hydrogens (tertiary/aromatic N) is 5. The molecule has 0 aliphatic carbocycles. The van der Waals surface area contributed by atoms with Crippen molar-refractivity contribution >= 4 is 23.3 Å². The molecule has 1 aromatic carbocycles. The van der Waals surface area contributed by atoms with Crippen LogP contribution in [-0.4, -0.2) is 45.1 Å². The molecule has 2 heterocycles. The Balaban J connectivity index is 2.00. The largest absolute Gasteiger partial charge is 0.396 e. The number of hydrogen-bond acceptors (Lipinski definition) is 6. The molecule has 0 atom stereocenters. The number of aromatic nitrogens is 4. The zero-order valence-corrected chi connectivity index (χ0v) is 16.4. The fourth-order valence-corrected chi connectivity index (χ4v) is 2.62. The van der Waals surface area contributed by atoms with Crippen LogP contribution in [0.2, 0.25) is 0 Å². The molecule has 0 aliphatic heterocycles. The third-order valence-corrected chi connectivity index (χ3v) is 3.91. The first kappa shape index (κ1) is 20.9. The van der Waals surface area contributed by atoms with Gasteiger partial charge in [-0.25, -0.2) is 18.9 Å². The van der Waals surface area contributed by atoms with Gasteiger partial charge >= 0.3 is 0 Å². The van der Waals surface area contributed by atoms with E-state index in [1.54, 1.807) is 6.07 Å². The van der Waals surface area contributed by atoms with Gasteiger partial charge in [0.25, 0.3) is 0 Å². The van der Waals surface area contributed by atoms with Crippen molar-refractivity contribution in [3.8, 4) is 0 Å². The van der Waals surface area contributed by atoms with Crippen LogP contribution < -0.4 is 16.8 Å². The van der Waals surface area contributed by atoms with Crippen LogP contribution in [0.1, 0.15) is 17.0 Å². The van der Waals surface area contributed by atoms with Crippen LogP contribution in [-0.2, 0) is 6.54 Å². The zero-order valence-electron chi connectivity index (χ0n) is 16.4. The van der Waals surface area contributed by atoms with E-state index >= 15 is 0 Å². The number of halogens is 2. The molecule has 3 aromatic rings. The van der Waals surface area contributed by atoms with Gasteiger partial charge in [0, 0.05) is 17.3 Å². The Morgan fingerprint density at radius 1 is 1.13 bits per heavy atom. The van der Waals surface area contributed by atoms with Gasteiger partial charge in [0.2, 0.25) is 11.9 Å². The maximum absolute atomic E-state index is 14.5. The average Bonchev–Trinajstić information content (AvgIpc) is 3.12. The smallest absolute Gasteiger partial charge is 0.225 e. The molecular formula is C19H21F2N9. The van der Waals surface area contributed by atoms with Crippen molar-refractivity contribution in [3.05, 3.63) is 71.3 Å². The van der Waals surface area contributed by atoms with Crippen LogP contribution in [0, 0.1) is 11.6 Å². The van der Waals surface area contributed by atoms with E-state index < -0.39 is 11.6 Å². The second-order valence-electron chi connectivity index (χ2n) is 6.56. The number of guanidine groups is 1. The Morgan fingerprint density at radius 3 is 2.60 bits per heavy atom. The van der Waals surface area contributed by atoms with Crippen molar-refractivity contribution in [1.29, 1.82) is 0 Å². The first-order valence-electron chi connectivity index (χ1n) is 8.87. The normalized spacial score (nSPS) is 12.8. The molecule has 2 aromatic heterocycles. The molecule has 0 unspecified atom stereocenters. The predicted molar refractivity (Wildman–Crippen MR) is 111 cm³/mol. The highest BCUT2D eigenvalue weighted by atomic mass is 19.1. The molecule has 0 fully saturated rings. The Hall–Kier alpha value is -3.86. The van der Waals surface area contributed by atoms with E-state index in [9.17, 15) is 8.78 Å². The summed E-state index contributed by atoms with van der Waals surface area (Å²) in [6, 6.07) is 7.21. The minimum absolute atomic E-state index is 0.0211. The van der Waals surface area contributed by atoms with E-state index in [0.717, 1.165) is 6.20 Å². The predicted octanol–water partition coefficient (Wildman–Crippen LogP) is 1.75. The van der Waals surface area contributed by atoms with Gasteiger partial charge in [0.05, 0.1) is 18.4 Å². The highest BCUT2D eigenvalue weighted by Crippen LogP contribution is 2.27. The Labute approximate surface area is 171 Å². The van der Waals surface area contributed by atoms with Crippen LogP contribution in [0.3, 0.4) is 0 Å². The van der Waals surface area contributed by atoms with Gasteiger partial charge in [0.1, 0.15) is 11.5 Å². The van der Waals surface area contributed by atoms with Crippen molar-refractivity contribution < 1.29 is 8.78 Å². The summed E-state index contributed by atoms with van der Waals surface area (Å²) < 4.78 is 28.7. The fourth-order valence-electron chi connectivity index (χ4n) is 2.62. The SMILES string of the molecule is CN(C)Cc1n[nH]c(N/C(N)=N/C(=C(\N)c2ccncc2F)c2ccccc2F)n1. The van der Waals surface area contributed by atoms with E-state index in [2.05, 4.69) is 30.5 Å². The third kappa shape index (κ3) is 4.94. The third-order valence-electron chi connectivity index (χ3n) is 3.91. The summed E-state index contributed by atoms with van der Waals surface area (Å²) in [6.45, 7) is 0.518. The molecule has 3 rings (SSSR count). The molecule has 0 aliphatic rings. The summed E-state index contributed by atoms with van der Waals surface area (Å²) in [7, 11) is 3.76. The van der Waals surface area contributed by atoms with Crippen molar-refractivity contribution in [2.45, 2.75) is 6.54 Å². The maximum Gasteiger partial charge on any atom is 0.225 e. The highest BCUT2D eigenvalue weighted by Gasteiger charge is 2.16. The summed E-state index contributed by atoms with van der Waals surface area (Å²) in [5, 5.41) is 9.48. The molecule has 30 heavy (non-hydrogen) atoms. The maximum atomic E-state index is 14.5. The van der Waals surface area contributed by atoms with E-state index in [1.807, 2.05) is 19.0 Å². The quantitative estimate of drug-likeness (QED) is 0.357. The van der Waals surface area contributed by atoms with E-state index in [4.69, 9.17) is 11.5 Å². The monoisotopic (exact) mass is 413 g/mol. The van der Waals surface area contributed by atoms with Crippen molar-refractivity contribution in [1.82, 2.24) is 25.1 Å². The number of aliphatic imine (C=N–C) groups is 1. The first-order valence-corrected chi connectivity index (χ1v) is 8.87. The number of rotatable bonds is 6. The number of H-pyrrole nitrogens is 1. The lowest BCUT2D eigenvalue weighted by Gasteiger charge is -2.11. The molecule has 0 bridgehead atoms. The van der Waals surface area contributed by atoms with Gasteiger partial charge < -0.3 is 16.4 Å². The number of nitrogens with two attached hydrogens (primary N) is 2. The average molecular weight is 413 g/mol. The lowest BCUT2D eigenvalue weighted by atomic mass is 10.1. The lowest BCUT2D eigenvalue weighted by molar-refractivity contribution is 0.391. The first-order chi connectivity index (χ1) is 14.3. The summed E-state index contributed by atoms with van der Waals surface area (Å²) in [5.41, 5.74) is 12.1. The summed E-state index contributed by atoms with van der Waals surface area (Å²) in [5.74, 6) is -0.616. The molecule has 9 nitrogen and oxygen atoms in total. The molecule has 0 radical (unpaired) electrons. The Kier molecular flexibility index (Phi) is 6.32. The van der Waals surface area contributed by atoms with Gasteiger partial charge in [-0.15, -0.1) is 0 Å². The van der Waals surface area contributed by atoms with Gasteiger partial charge in [-0.1, -0.05) is 12.1 Å². The Morgan fingerprint density at radius 2 is 1.90 bits per heavy atom. The van der Waals surface area contributed by atoms with Crippen molar-refractivity contribution in [2.24, 2.45) is 16.5 Å². The second-order valence-corrected chi connectivity index (χ2v) is 6.56. The van der Waals surface area contributed by atoms with Gasteiger partial charge in [0.15, 0.2) is 11.6 Å². The second kappa shape index (κ2) is 9.09. The molecule has 156 valence electrons. The molecule has 6 N–H and O–H groups in total. The summed E-state index contributed by atoms with van der Waals surface area (Å²) >= 11 is 0. The topological polar surface area (TPSA) is 134 Å².